The van der Waals surface area contributed by atoms with Crippen LogP contribution in [0.3, 0.4) is 0 Å². The van der Waals surface area contributed by atoms with Crippen LogP contribution >= 0.6 is 0 Å². The highest BCUT2D eigenvalue weighted by molar-refractivity contribution is 5.84. The molecule has 0 aliphatic carbocycles. The first-order valence-electron chi connectivity index (χ1n) is 5.15. The smallest absolute Gasteiger partial charge is 0.174 e. The number of nitrogens with one attached hydrogen (secondary N) is 1. The first-order valence-corrected chi connectivity index (χ1v) is 5.15. The zero-order valence-electron chi connectivity index (χ0n) is 8.86. The van der Waals surface area contributed by atoms with E-state index in [0.29, 0.717) is 12.3 Å². The minimum Gasteiger partial charge on any atom is -0.479 e. The number of hydrogen-bond donors (Lipinski definition) is 2. The van der Waals surface area contributed by atoms with Crippen LogP contribution in [-0.2, 0) is 6.42 Å². The molecule has 4 nitrogen and oxygen atoms in total. The van der Waals surface area contributed by atoms with Crippen LogP contribution in [-0.4, -0.2) is 18.1 Å². The maximum Gasteiger partial charge on any atom is 0.174 e. The molecule has 0 aliphatic heterocycles. The molecule has 82 valence electrons. The van der Waals surface area contributed by atoms with Crippen molar-refractivity contribution in [1.82, 2.24) is 4.98 Å². The van der Waals surface area contributed by atoms with Gasteiger partial charge in [-0.25, -0.2) is 0 Å². The predicted molar refractivity (Wildman–Crippen MR) is 62.2 cm³/mol. The molecule has 16 heavy (non-hydrogen) atoms. The molecular formula is C12H13N3O. The zero-order chi connectivity index (χ0) is 11.4. The van der Waals surface area contributed by atoms with Gasteiger partial charge >= 0.3 is 0 Å². The molecule has 3 N–H and O–H groups in total. The van der Waals surface area contributed by atoms with Crippen molar-refractivity contribution >= 4 is 10.9 Å². The Morgan fingerprint density at radius 3 is 3.06 bits per heavy atom. The van der Waals surface area contributed by atoms with Crippen LogP contribution in [0, 0.1) is 11.3 Å². The van der Waals surface area contributed by atoms with E-state index in [9.17, 15) is 0 Å². The SMILES string of the molecule is N#CCOc1ccc2[nH]cc(CCN)c2c1. The summed E-state index contributed by atoms with van der Waals surface area (Å²) in [6.07, 6.45) is 2.80. The number of rotatable bonds is 4. The molecule has 0 saturated carbocycles. The Kier molecular flexibility index (Phi) is 3.08. The summed E-state index contributed by atoms with van der Waals surface area (Å²) in [5.74, 6) is 0.715. The highest BCUT2D eigenvalue weighted by Crippen LogP contribution is 2.23. The molecule has 4 heteroatoms. The fourth-order valence-corrected chi connectivity index (χ4v) is 1.73. The van der Waals surface area contributed by atoms with Crippen LogP contribution in [0.25, 0.3) is 10.9 Å². The molecule has 0 bridgehead atoms. The van der Waals surface area contributed by atoms with Crippen LogP contribution in [0.1, 0.15) is 5.56 Å². The van der Waals surface area contributed by atoms with Crippen LogP contribution in [0.5, 0.6) is 5.75 Å². The minimum atomic E-state index is 0.0716. The van der Waals surface area contributed by atoms with Crippen molar-refractivity contribution in [2.75, 3.05) is 13.2 Å². The number of nitriles is 1. The summed E-state index contributed by atoms with van der Waals surface area (Å²) in [6, 6.07) is 7.68. The zero-order valence-corrected chi connectivity index (χ0v) is 8.86. The molecule has 0 fully saturated rings. The van der Waals surface area contributed by atoms with Crippen molar-refractivity contribution in [2.24, 2.45) is 5.73 Å². The molecule has 0 amide bonds. The molecule has 0 atom stereocenters. The normalized spacial score (nSPS) is 10.2. The minimum absolute atomic E-state index is 0.0716. The predicted octanol–water partition coefficient (Wildman–Crippen LogP) is 1.57. The monoisotopic (exact) mass is 215 g/mol. The van der Waals surface area contributed by atoms with Crippen molar-refractivity contribution in [1.29, 1.82) is 5.26 Å². The van der Waals surface area contributed by atoms with E-state index in [1.807, 2.05) is 30.5 Å². The number of fused-ring (bicyclic) bond motifs is 1. The number of aromatic nitrogens is 1. The summed E-state index contributed by atoms with van der Waals surface area (Å²) < 4.78 is 5.26. The Morgan fingerprint density at radius 1 is 1.44 bits per heavy atom. The van der Waals surface area contributed by atoms with Gasteiger partial charge in [-0.3, -0.25) is 0 Å². The summed E-state index contributed by atoms with van der Waals surface area (Å²) in [5, 5.41) is 9.55. The number of ether oxygens (including phenoxy) is 1. The van der Waals surface area contributed by atoms with E-state index in [1.165, 1.54) is 5.56 Å². The van der Waals surface area contributed by atoms with Gasteiger partial charge in [0.1, 0.15) is 11.8 Å². The third kappa shape index (κ3) is 2.00. The average molecular weight is 215 g/mol. The third-order valence-electron chi connectivity index (χ3n) is 2.46. The number of aromatic amines is 1. The number of benzene rings is 1. The second-order valence-corrected chi connectivity index (χ2v) is 3.51. The highest BCUT2D eigenvalue weighted by atomic mass is 16.5. The van der Waals surface area contributed by atoms with Crippen LogP contribution in [0.15, 0.2) is 24.4 Å². The number of nitrogens with zero attached hydrogens (tertiary/aromatic N) is 1. The van der Waals surface area contributed by atoms with Gasteiger partial charge in [-0.2, -0.15) is 5.26 Å². The van der Waals surface area contributed by atoms with Gasteiger partial charge in [-0.1, -0.05) is 0 Å². The molecule has 0 spiro atoms. The first-order chi connectivity index (χ1) is 7.85. The van der Waals surface area contributed by atoms with Crippen molar-refractivity contribution in [3.63, 3.8) is 0 Å². The second-order valence-electron chi connectivity index (χ2n) is 3.51. The molecule has 0 radical (unpaired) electrons. The summed E-state index contributed by atoms with van der Waals surface area (Å²) >= 11 is 0. The molecular weight excluding hydrogens is 202 g/mol. The average Bonchev–Trinajstić information content (AvgIpc) is 2.70. The molecule has 0 saturated heterocycles. The van der Waals surface area contributed by atoms with E-state index < -0.39 is 0 Å². The lowest BCUT2D eigenvalue weighted by atomic mass is 10.1. The Labute approximate surface area is 93.6 Å². The molecule has 2 aromatic rings. The summed E-state index contributed by atoms with van der Waals surface area (Å²) in [6.45, 7) is 0.693. The van der Waals surface area contributed by atoms with E-state index in [-0.39, 0.29) is 6.61 Å². The van der Waals surface area contributed by atoms with Gasteiger partial charge in [0.15, 0.2) is 6.61 Å². The van der Waals surface area contributed by atoms with Crippen molar-refractivity contribution in [3.8, 4) is 11.8 Å². The maximum atomic E-state index is 8.44. The fraction of sp³-hybridized carbons (Fsp3) is 0.250. The van der Waals surface area contributed by atoms with Gasteiger partial charge in [0.05, 0.1) is 0 Å². The highest BCUT2D eigenvalue weighted by Gasteiger charge is 2.04. The number of hydrogen-bond acceptors (Lipinski definition) is 3. The van der Waals surface area contributed by atoms with Crippen molar-refractivity contribution in [2.45, 2.75) is 6.42 Å². The second kappa shape index (κ2) is 4.69. The van der Waals surface area contributed by atoms with Crippen molar-refractivity contribution in [3.05, 3.63) is 30.0 Å². The van der Waals surface area contributed by atoms with E-state index in [2.05, 4.69) is 4.98 Å². The Balaban J connectivity index is 2.34. The molecule has 1 heterocycles. The van der Waals surface area contributed by atoms with Gasteiger partial charge in [-0.15, -0.1) is 0 Å². The largest absolute Gasteiger partial charge is 0.479 e. The molecule has 0 unspecified atom stereocenters. The van der Waals surface area contributed by atoms with Gasteiger partial charge in [0.25, 0.3) is 0 Å². The quantitative estimate of drug-likeness (QED) is 0.812. The standard InChI is InChI=1S/C12H13N3O/c13-4-3-9-8-15-12-2-1-10(7-11(9)12)16-6-5-14/h1-2,7-8,15H,3-4,6,13H2. The third-order valence-corrected chi connectivity index (χ3v) is 2.46. The van der Waals surface area contributed by atoms with E-state index in [0.717, 1.165) is 17.3 Å². The molecule has 1 aromatic heterocycles. The summed E-state index contributed by atoms with van der Waals surface area (Å²) in [7, 11) is 0. The van der Waals surface area contributed by atoms with Crippen LogP contribution < -0.4 is 10.5 Å². The van der Waals surface area contributed by atoms with Gasteiger partial charge in [0, 0.05) is 17.1 Å². The van der Waals surface area contributed by atoms with E-state index >= 15 is 0 Å². The Bertz CT molecular complexity index is 525. The summed E-state index contributed by atoms with van der Waals surface area (Å²) in [5.41, 5.74) is 7.78. The molecule has 1 aromatic carbocycles. The van der Waals surface area contributed by atoms with Crippen molar-refractivity contribution < 1.29 is 4.74 Å². The Hall–Kier alpha value is -1.99. The van der Waals surface area contributed by atoms with Crippen LogP contribution in [0.4, 0.5) is 0 Å². The first kappa shape index (κ1) is 10.5. The van der Waals surface area contributed by atoms with Gasteiger partial charge in [-0.05, 0) is 36.7 Å². The summed E-state index contributed by atoms with van der Waals surface area (Å²) in [4.78, 5) is 3.18. The fourth-order valence-electron chi connectivity index (χ4n) is 1.73. The van der Waals surface area contributed by atoms with E-state index in [1.54, 1.807) is 0 Å². The number of H-pyrrole nitrogens is 1. The van der Waals surface area contributed by atoms with E-state index in [4.69, 9.17) is 15.7 Å². The lowest BCUT2D eigenvalue weighted by molar-refractivity contribution is 0.368. The topological polar surface area (TPSA) is 74.8 Å². The lowest BCUT2D eigenvalue weighted by Gasteiger charge is -2.02. The lowest BCUT2D eigenvalue weighted by Crippen LogP contribution is -2.01. The molecule has 0 aliphatic rings. The van der Waals surface area contributed by atoms with Crippen LogP contribution in [0.2, 0.25) is 0 Å². The van der Waals surface area contributed by atoms with Gasteiger partial charge < -0.3 is 15.5 Å². The maximum absolute atomic E-state index is 8.44. The Morgan fingerprint density at radius 2 is 2.31 bits per heavy atom. The molecule has 2 rings (SSSR count). The number of nitrogens with two attached hydrogens (primary N) is 1. The van der Waals surface area contributed by atoms with Gasteiger partial charge in [0.2, 0.25) is 0 Å².